The third kappa shape index (κ3) is 7.49. The van der Waals surface area contributed by atoms with Crippen molar-refractivity contribution in [1.82, 2.24) is 10.2 Å². The molecule has 1 N–H and O–H groups in total. The zero-order valence-corrected chi connectivity index (χ0v) is 22.0. The van der Waals surface area contributed by atoms with Crippen LogP contribution in [0.1, 0.15) is 52.2 Å². The van der Waals surface area contributed by atoms with Crippen molar-refractivity contribution in [2.24, 2.45) is 0 Å². The van der Waals surface area contributed by atoms with E-state index in [1.807, 2.05) is 56.3 Å². The van der Waals surface area contributed by atoms with Crippen molar-refractivity contribution in [2.75, 3.05) is 20.3 Å². The van der Waals surface area contributed by atoms with Gasteiger partial charge in [-0.05, 0) is 70.1 Å². The van der Waals surface area contributed by atoms with Crippen LogP contribution in [0.2, 0.25) is 0 Å². The lowest BCUT2D eigenvalue weighted by atomic mass is 9.87. The number of hydrogen-bond acceptors (Lipinski definition) is 4. The standard InChI is InChI=1S/C26H35BrN2O4/c1-7-22(25(31)28-8-2)29(16-18-10-9-11-20(14-18)32-6)24(30)17-33-23-13-12-19(15-21(23)27)26(3,4)5/h9-15,22H,7-8,16-17H2,1-6H3,(H,28,31). The summed E-state index contributed by atoms with van der Waals surface area (Å²) in [6, 6.07) is 12.8. The van der Waals surface area contributed by atoms with E-state index in [2.05, 4.69) is 42.0 Å². The topological polar surface area (TPSA) is 67.9 Å². The van der Waals surface area contributed by atoms with Crippen molar-refractivity contribution in [3.8, 4) is 11.5 Å². The molecule has 0 saturated carbocycles. The molecule has 0 aliphatic carbocycles. The Balaban J connectivity index is 2.24. The molecule has 1 unspecified atom stereocenters. The van der Waals surface area contributed by atoms with E-state index in [4.69, 9.17) is 9.47 Å². The van der Waals surface area contributed by atoms with E-state index in [0.717, 1.165) is 15.6 Å². The third-order valence-corrected chi connectivity index (χ3v) is 5.99. The fourth-order valence-electron chi connectivity index (χ4n) is 3.49. The molecule has 6 nitrogen and oxygen atoms in total. The first-order valence-corrected chi connectivity index (χ1v) is 12.0. The number of likely N-dealkylation sites (N-methyl/N-ethyl adjacent to an activating group) is 1. The molecule has 0 spiro atoms. The van der Waals surface area contributed by atoms with Crippen LogP contribution >= 0.6 is 15.9 Å². The van der Waals surface area contributed by atoms with Crippen molar-refractivity contribution >= 4 is 27.7 Å². The van der Waals surface area contributed by atoms with Crippen LogP contribution in [0.4, 0.5) is 0 Å². The Kier molecular flexibility index (Phi) is 9.77. The van der Waals surface area contributed by atoms with Gasteiger partial charge >= 0.3 is 0 Å². The van der Waals surface area contributed by atoms with Gasteiger partial charge in [0.15, 0.2) is 6.61 Å². The van der Waals surface area contributed by atoms with Gasteiger partial charge in [-0.3, -0.25) is 9.59 Å². The van der Waals surface area contributed by atoms with Crippen LogP contribution in [0.25, 0.3) is 0 Å². The van der Waals surface area contributed by atoms with Gasteiger partial charge in [0, 0.05) is 13.1 Å². The molecular formula is C26H35BrN2O4. The second kappa shape index (κ2) is 12.1. The van der Waals surface area contributed by atoms with E-state index in [1.54, 1.807) is 12.0 Å². The van der Waals surface area contributed by atoms with Gasteiger partial charge < -0.3 is 19.7 Å². The number of nitrogens with one attached hydrogen (secondary N) is 1. The minimum absolute atomic E-state index is 0.00535. The maximum absolute atomic E-state index is 13.3. The number of carbonyl (C=O) groups excluding carboxylic acids is 2. The van der Waals surface area contributed by atoms with Crippen molar-refractivity contribution in [1.29, 1.82) is 0 Å². The number of methoxy groups -OCH3 is 1. The lowest BCUT2D eigenvalue weighted by molar-refractivity contribution is -0.142. The van der Waals surface area contributed by atoms with Gasteiger partial charge in [0.25, 0.3) is 5.91 Å². The van der Waals surface area contributed by atoms with Gasteiger partial charge in [-0.25, -0.2) is 0 Å². The predicted octanol–water partition coefficient (Wildman–Crippen LogP) is 5.08. The fourth-order valence-corrected chi connectivity index (χ4v) is 3.98. The highest BCUT2D eigenvalue weighted by atomic mass is 79.9. The second-order valence-electron chi connectivity index (χ2n) is 8.88. The largest absolute Gasteiger partial charge is 0.497 e. The van der Waals surface area contributed by atoms with Crippen LogP contribution in [0.15, 0.2) is 46.9 Å². The van der Waals surface area contributed by atoms with Crippen molar-refractivity contribution in [3.63, 3.8) is 0 Å². The molecule has 2 aromatic rings. The summed E-state index contributed by atoms with van der Waals surface area (Å²) in [7, 11) is 1.60. The van der Waals surface area contributed by atoms with E-state index in [-0.39, 0.29) is 30.4 Å². The Morgan fingerprint density at radius 2 is 1.85 bits per heavy atom. The van der Waals surface area contributed by atoms with Gasteiger partial charge in [0.1, 0.15) is 17.5 Å². The smallest absolute Gasteiger partial charge is 0.261 e. The number of ether oxygens (including phenoxy) is 2. The van der Waals surface area contributed by atoms with Gasteiger partial charge in [0.05, 0.1) is 11.6 Å². The highest BCUT2D eigenvalue weighted by molar-refractivity contribution is 9.10. The molecular weight excluding hydrogens is 484 g/mol. The van der Waals surface area contributed by atoms with Crippen LogP contribution in [-0.2, 0) is 21.5 Å². The van der Waals surface area contributed by atoms with Crippen LogP contribution < -0.4 is 14.8 Å². The summed E-state index contributed by atoms with van der Waals surface area (Å²) in [5.74, 6) is 0.850. The van der Waals surface area contributed by atoms with Crippen LogP contribution in [0, 0.1) is 0 Å². The van der Waals surface area contributed by atoms with Gasteiger partial charge in [-0.2, -0.15) is 0 Å². The average molecular weight is 519 g/mol. The summed E-state index contributed by atoms with van der Waals surface area (Å²) < 4.78 is 12.0. The molecule has 33 heavy (non-hydrogen) atoms. The summed E-state index contributed by atoms with van der Waals surface area (Å²) in [6.45, 7) is 10.8. The van der Waals surface area contributed by atoms with Gasteiger partial charge in [-0.1, -0.05) is 45.9 Å². The molecule has 0 bridgehead atoms. The second-order valence-corrected chi connectivity index (χ2v) is 9.73. The first-order chi connectivity index (χ1) is 15.6. The van der Waals surface area contributed by atoms with Gasteiger partial charge in [-0.15, -0.1) is 0 Å². The number of halogens is 1. The summed E-state index contributed by atoms with van der Waals surface area (Å²) in [4.78, 5) is 27.6. The minimum Gasteiger partial charge on any atom is -0.497 e. The number of hydrogen-bond donors (Lipinski definition) is 1. The molecule has 180 valence electrons. The highest BCUT2D eigenvalue weighted by Gasteiger charge is 2.29. The zero-order chi connectivity index (χ0) is 24.6. The monoisotopic (exact) mass is 518 g/mol. The Hall–Kier alpha value is -2.54. The first kappa shape index (κ1) is 26.7. The molecule has 0 heterocycles. The number of benzene rings is 2. The van der Waals surface area contributed by atoms with Gasteiger partial charge in [0.2, 0.25) is 5.91 Å². The maximum atomic E-state index is 13.3. The highest BCUT2D eigenvalue weighted by Crippen LogP contribution is 2.31. The Labute approximate surface area is 205 Å². The SMILES string of the molecule is CCNC(=O)C(CC)N(Cc1cccc(OC)c1)C(=O)COc1ccc(C(C)(C)C)cc1Br. The number of amides is 2. The van der Waals surface area contributed by atoms with Crippen LogP contribution in [0.3, 0.4) is 0 Å². The average Bonchev–Trinajstić information content (AvgIpc) is 2.77. The quantitative estimate of drug-likeness (QED) is 0.476. The lowest BCUT2D eigenvalue weighted by Gasteiger charge is -2.30. The van der Waals surface area contributed by atoms with Crippen molar-refractivity contribution in [3.05, 3.63) is 58.1 Å². The number of carbonyl (C=O) groups is 2. The molecule has 1 atom stereocenters. The molecule has 2 aromatic carbocycles. The first-order valence-electron chi connectivity index (χ1n) is 11.2. The lowest BCUT2D eigenvalue weighted by Crippen LogP contribution is -2.50. The number of rotatable bonds is 10. The van der Waals surface area contributed by atoms with E-state index in [9.17, 15) is 9.59 Å². The summed E-state index contributed by atoms with van der Waals surface area (Å²) in [6.07, 6.45) is 0.492. The van der Waals surface area contributed by atoms with E-state index in [1.165, 1.54) is 0 Å². The van der Waals surface area contributed by atoms with E-state index in [0.29, 0.717) is 24.5 Å². The molecule has 7 heteroatoms. The molecule has 0 aliphatic heterocycles. The molecule has 2 amide bonds. The molecule has 2 rings (SSSR count). The normalized spacial score (nSPS) is 12.1. The van der Waals surface area contributed by atoms with E-state index < -0.39 is 6.04 Å². The molecule has 0 aliphatic rings. The summed E-state index contributed by atoms with van der Waals surface area (Å²) >= 11 is 3.55. The van der Waals surface area contributed by atoms with Crippen LogP contribution in [-0.4, -0.2) is 43.0 Å². The third-order valence-electron chi connectivity index (χ3n) is 5.37. The molecule has 0 aromatic heterocycles. The molecule has 0 fully saturated rings. The summed E-state index contributed by atoms with van der Waals surface area (Å²) in [5.41, 5.74) is 2.04. The Bertz CT molecular complexity index is 956. The fraction of sp³-hybridized carbons (Fsp3) is 0.462. The number of nitrogens with zero attached hydrogens (tertiary/aromatic N) is 1. The van der Waals surface area contributed by atoms with Crippen molar-refractivity contribution < 1.29 is 19.1 Å². The molecule has 0 radical (unpaired) electrons. The minimum atomic E-state index is -0.598. The molecule has 0 saturated heterocycles. The van der Waals surface area contributed by atoms with Crippen LogP contribution in [0.5, 0.6) is 11.5 Å². The predicted molar refractivity (Wildman–Crippen MR) is 135 cm³/mol. The van der Waals surface area contributed by atoms with Crippen molar-refractivity contribution in [2.45, 2.75) is 59.0 Å². The Morgan fingerprint density at radius 3 is 2.42 bits per heavy atom. The zero-order valence-electron chi connectivity index (χ0n) is 20.4. The summed E-state index contributed by atoms with van der Waals surface area (Å²) in [5, 5.41) is 2.84. The Morgan fingerprint density at radius 1 is 1.12 bits per heavy atom. The van der Waals surface area contributed by atoms with E-state index >= 15 is 0 Å². The maximum Gasteiger partial charge on any atom is 0.261 e.